The number of thioether (sulfide) groups is 1. The van der Waals surface area contributed by atoms with Crippen molar-refractivity contribution in [1.29, 1.82) is 0 Å². The Morgan fingerprint density at radius 2 is 2.05 bits per heavy atom. The number of hydrogen-bond acceptors (Lipinski definition) is 7. The number of aliphatic hydroxyl groups is 1. The van der Waals surface area contributed by atoms with Gasteiger partial charge in [-0.3, -0.25) is 0 Å². The minimum atomic E-state index is 0.206. The number of rotatable bonds is 8. The van der Waals surface area contributed by atoms with Crippen molar-refractivity contribution in [3.63, 3.8) is 0 Å². The molecule has 1 aliphatic rings. The summed E-state index contributed by atoms with van der Waals surface area (Å²) >= 11 is 1.58. The van der Waals surface area contributed by atoms with E-state index in [-0.39, 0.29) is 6.61 Å². The van der Waals surface area contributed by atoms with Crippen LogP contribution in [0.3, 0.4) is 0 Å². The third-order valence-corrected chi connectivity index (χ3v) is 3.99. The highest BCUT2D eigenvalue weighted by atomic mass is 32.2. The molecule has 0 aromatic carbocycles. The van der Waals surface area contributed by atoms with Gasteiger partial charge in [-0.2, -0.15) is 15.0 Å². The molecular formula is C13H23N5OS. The predicted octanol–water partition coefficient (Wildman–Crippen LogP) is 1.77. The van der Waals surface area contributed by atoms with Crippen LogP contribution in [0.2, 0.25) is 0 Å². The molecule has 1 aromatic heterocycles. The van der Waals surface area contributed by atoms with Gasteiger partial charge >= 0.3 is 0 Å². The van der Waals surface area contributed by atoms with Gasteiger partial charge in [-0.25, -0.2) is 0 Å². The van der Waals surface area contributed by atoms with E-state index in [1.54, 1.807) is 11.8 Å². The summed E-state index contributed by atoms with van der Waals surface area (Å²) in [5.41, 5.74) is 0. The molecule has 2 N–H and O–H groups in total. The average molecular weight is 297 g/mol. The number of aromatic nitrogens is 3. The fourth-order valence-electron chi connectivity index (χ4n) is 2.01. The van der Waals surface area contributed by atoms with Crippen molar-refractivity contribution in [2.24, 2.45) is 0 Å². The Kier molecular flexibility index (Phi) is 6.32. The zero-order valence-corrected chi connectivity index (χ0v) is 12.8. The van der Waals surface area contributed by atoms with Gasteiger partial charge in [0.2, 0.25) is 11.9 Å². The van der Waals surface area contributed by atoms with Crippen molar-refractivity contribution < 1.29 is 5.11 Å². The first-order chi connectivity index (χ1) is 9.83. The summed E-state index contributed by atoms with van der Waals surface area (Å²) in [6.07, 6.45) is 4.21. The second-order valence-corrected chi connectivity index (χ2v) is 5.85. The standard InChI is InChI=1S/C13H23N5OS/c1-2-6-14-11-15-12(18-7-3-4-8-18)17-13(16-11)20-10-5-9-19/h19H,2-10H2,1H3,(H,14,15,16,17). The molecule has 0 radical (unpaired) electrons. The summed E-state index contributed by atoms with van der Waals surface area (Å²) in [4.78, 5) is 15.7. The maximum absolute atomic E-state index is 8.86. The molecule has 20 heavy (non-hydrogen) atoms. The number of hydrogen-bond donors (Lipinski definition) is 2. The second-order valence-electron chi connectivity index (χ2n) is 4.79. The summed E-state index contributed by atoms with van der Waals surface area (Å²) in [6.45, 7) is 5.24. The fourth-order valence-corrected chi connectivity index (χ4v) is 2.77. The Balaban J connectivity index is 2.09. The van der Waals surface area contributed by atoms with E-state index in [9.17, 15) is 0 Å². The van der Waals surface area contributed by atoms with Crippen LogP contribution in [0.4, 0.5) is 11.9 Å². The molecule has 112 valence electrons. The minimum Gasteiger partial charge on any atom is -0.396 e. The molecule has 1 aromatic rings. The lowest BCUT2D eigenvalue weighted by atomic mass is 10.4. The lowest BCUT2D eigenvalue weighted by molar-refractivity contribution is 0.296. The lowest BCUT2D eigenvalue weighted by Crippen LogP contribution is -2.22. The van der Waals surface area contributed by atoms with Crippen molar-refractivity contribution >= 4 is 23.7 Å². The summed E-state index contributed by atoms with van der Waals surface area (Å²) < 4.78 is 0. The Bertz CT molecular complexity index is 412. The first kappa shape index (κ1) is 15.3. The summed E-state index contributed by atoms with van der Waals surface area (Å²) in [5, 5.41) is 12.8. The van der Waals surface area contributed by atoms with E-state index in [0.717, 1.165) is 49.3 Å². The van der Waals surface area contributed by atoms with Crippen LogP contribution in [0.1, 0.15) is 32.6 Å². The van der Waals surface area contributed by atoms with Gasteiger partial charge in [-0.1, -0.05) is 18.7 Å². The minimum absolute atomic E-state index is 0.206. The first-order valence-corrected chi connectivity index (χ1v) is 8.30. The van der Waals surface area contributed by atoms with Crippen LogP contribution in [-0.2, 0) is 0 Å². The van der Waals surface area contributed by atoms with Gasteiger partial charge in [0, 0.05) is 32.0 Å². The third-order valence-electron chi connectivity index (χ3n) is 3.06. The summed E-state index contributed by atoms with van der Waals surface area (Å²) in [5.74, 6) is 2.27. The van der Waals surface area contributed by atoms with E-state index in [2.05, 4.69) is 32.1 Å². The fraction of sp³-hybridized carbons (Fsp3) is 0.769. The molecule has 6 nitrogen and oxygen atoms in total. The lowest BCUT2D eigenvalue weighted by Gasteiger charge is -2.16. The Hall–Kier alpha value is -1.08. The zero-order chi connectivity index (χ0) is 14.2. The van der Waals surface area contributed by atoms with Gasteiger partial charge < -0.3 is 15.3 Å². The highest BCUT2D eigenvalue weighted by Crippen LogP contribution is 2.21. The van der Waals surface area contributed by atoms with Crippen LogP contribution in [0.5, 0.6) is 0 Å². The van der Waals surface area contributed by atoms with Crippen LogP contribution in [0.15, 0.2) is 5.16 Å². The SMILES string of the molecule is CCCNc1nc(SCCCO)nc(N2CCCC2)n1. The van der Waals surface area contributed by atoms with Gasteiger partial charge in [-0.05, 0) is 25.7 Å². The van der Waals surface area contributed by atoms with Gasteiger partial charge in [-0.15, -0.1) is 0 Å². The van der Waals surface area contributed by atoms with E-state index >= 15 is 0 Å². The van der Waals surface area contributed by atoms with Crippen molar-refractivity contribution in [3.05, 3.63) is 0 Å². The molecule has 2 rings (SSSR count). The molecule has 0 saturated carbocycles. The molecule has 0 aliphatic carbocycles. The third kappa shape index (κ3) is 4.49. The summed E-state index contributed by atoms with van der Waals surface area (Å²) in [6, 6.07) is 0. The number of aliphatic hydroxyl groups excluding tert-OH is 1. The molecule has 0 bridgehead atoms. The van der Waals surface area contributed by atoms with Crippen LogP contribution in [-0.4, -0.2) is 52.1 Å². The van der Waals surface area contributed by atoms with Crippen molar-refractivity contribution in [2.45, 2.75) is 37.8 Å². The molecular weight excluding hydrogens is 274 g/mol. The van der Waals surface area contributed by atoms with Crippen LogP contribution in [0, 0.1) is 0 Å². The molecule has 0 amide bonds. The van der Waals surface area contributed by atoms with Crippen LogP contribution in [0.25, 0.3) is 0 Å². The van der Waals surface area contributed by atoms with Crippen molar-refractivity contribution in [3.8, 4) is 0 Å². The smallest absolute Gasteiger partial charge is 0.231 e. The Morgan fingerprint density at radius 1 is 1.25 bits per heavy atom. The number of nitrogens with one attached hydrogen (secondary N) is 1. The average Bonchev–Trinajstić information content (AvgIpc) is 2.99. The molecule has 7 heteroatoms. The Morgan fingerprint density at radius 3 is 2.75 bits per heavy atom. The van der Waals surface area contributed by atoms with E-state index in [1.165, 1.54) is 12.8 Å². The number of nitrogens with zero attached hydrogens (tertiary/aromatic N) is 4. The molecule has 1 fully saturated rings. The van der Waals surface area contributed by atoms with Gasteiger partial charge in [0.15, 0.2) is 5.16 Å². The largest absolute Gasteiger partial charge is 0.396 e. The Labute approximate surface area is 124 Å². The molecule has 1 aliphatic heterocycles. The van der Waals surface area contributed by atoms with E-state index in [4.69, 9.17) is 5.11 Å². The van der Waals surface area contributed by atoms with Crippen molar-refractivity contribution in [1.82, 2.24) is 15.0 Å². The molecule has 0 spiro atoms. The normalized spacial score (nSPS) is 14.8. The van der Waals surface area contributed by atoms with Gasteiger partial charge in [0.1, 0.15) is 0 Å². The van der Waals surface area contributed by atoms with E-state index < -0.39 is 0 Å². The first-order valence-electron chi connectivity index (χ1n) is 7.32. The van der Waals surface area contributed by atoms with E-state index in [1.807, 2.05) is 0 Å². The van der Waals surface area contributed by atoms with Gasteiger partial charge in [0.25, 0.3) is 0 Å². The topological polar surface area (TPSA) is 74.2 Å². The second kappa shape index (κ2) is 8.26. The quantitative estimate of drug-likeness (QED) is 0.559. The maximum Gasteiger partial charge on any atom is 0.231 e. The molecule has 0 atom stereocenters. The van der Waals surface area contributed by atoms with Gasteiger partial charge in [0.05, 0.1) is 0 Å². The number of anilines is 2. The highest BCUT2D eigenvalue weighted by molar-refractivity contribution is 7.99. The molecule has 1 saturated heterocycles. The zero-order valence-electron chi connectivity index (χ0n) is 12.0. The predicted molar refractivity (Wildman–Crippen MR) is 82.5 cm³/mol. The maximum atomic E-state index is 8.86. The summed E-state index contributed by atoms with van der Waals surface area (Å²) in [7, 11) is 0. The van der Waals surface area contributed by atoms with Crippen LogP contribution >= 0.6 is 11.8 Å². The van der Waals surface area contributed by atoms with E-state index in [0.29, 0.717) is 5.95 Å². The molecule has 2 heterocycles. The monoisotopic (exact) mass is 297 g/mol. The molecule has 0 unspecified atom stereocenters. The van der Waals surface area contributed by atoms with Crippen LogP contribution < -0.4 is 10.2 Å². The highest BCUT2D eigenvalue weighted by Gasteiger charge is 2.17. The van der Waals surface area contributed by atoms with Crippen molar-refractivity contribution in [2.75, 3.05) is 42.2 Å².